The third kappa shape index (κ3) is 2.89. The van der Waals surface area contributed by atoms with Crippen LogP contribution in [0.25, 0.3) is 0 Å². The maximum Gasteiger partial charge on any atom is 0.0628 e. The van der Waals surface area contributed by atoms with Crippen molar-refractivity contribution in [2.24, 2.45) is 5.92 Å². The van der Waals surface area contributed by atoms with Crippen molar-refractivity contribution in [2.75, 3.05) is 0 Å². The van der Waals surface area contributed by atoms with Crippen LogP contribution in [0.5, 0.6) is 0 Å². The molecule has 2 heteroatoms. The van der Waals surface area contributed by atoms with Crippen LogP contribution in [-0.4, -0.2) is 11.2 Å². The fourth-order valence-electron chi connectivity index (χ4n) is 0.556. The Morgan fingerprint density at radius 1 is 1.89 bits per heavy atom. The van der Waals surface area contributed by atoms with E-state index in [1.54, 1.807) is 13.0 Å². The summed E-state index contributed by atoms with van der Waals surface area (Å²) >= 11 is 0. The zero-order valence-electron chi connectivity index (χ0n) is 5.54. The van der Waals surface area contributed by atoms with Crippen molar-refractivity contribution in [1.82, 2.24) is 0 Å². The summed E-state index contributed by atoms with van der Waals surface area (Å²) in [5.41, 5.74) is 0. The Hall–Kier alpha value is -0.810. The molecule has 0 aromatic rings. The zero-order valence-corrected chi connectivity index (χ0v) is 5.54. The number of nitriles is 1. The number of nitrogens with zero attached hydrogens (tertiary/aromatic N) is 1. The van der Waals surface area contributed by atoms with Gasteiger partial charge in [-0.1, -0.05) is 6.08 Å². The first kappa shape index (κ1) is 8.19. The minimum Gasteiger partial charge on any atom is -0.393 e. The van der Waals surface area contributed by atoms with Gasteiger partial charge in [-0.2, -0.15) is 5.26 Å². The topological polar surface area (TPSA) is 44.0 Å². The molecule has 0 saturated heterocycles. The van der Waals surface area contributed by atoms with Gasteiger partial charge in [-0.15, -0.1) is 6.58 Å². The quantitative estimate of drug-likeness (QED) is 0.573. The van der Waals surface area contributed by atoms with Crippen LogP contribution in [0.1, 0.15) is 13.3 Å². The second-order valence-corrected chi connectivity index (χ2v) is 2.00. The van der Waals surface area contributed by atoms with Gasteiger partial charge in [-0.25, -0.2) is 0 Å². The molecule has 0 rings (SSSR count). The Morgan fingerprint density at radius 2 is 2.44 bits per heavy atom. The molecule has 0 saturated carbocycles. The van der Waals surface area contributed by atoms with Crippen molar-refractivity contribution in [3.8, 4) is 6.07 Å². The van der Waals surface area contributed by atoms with Gasteiger partial charge in [0, 0.05) is 12.3 Å². The molecule has 2 nitrogen and oxygen atoms in total. The number of rotatable bonds is 3. The molecule has 0 unspecified atom stereocenters. The predicted octanol–water partition coefficient (Wildman–Crippen LogP) is 1.08. The number of hydrogen-bond acceptors (Lipinski definition) is 2. The summed E-state index contributed by atoms with van der Waals surface area (Å²) < 4.78 is 0. The highest BCUT2D eigenvalue weighted by Crippen LogP contribution is 2.07. The Kier molecular flexibility index (Phi) is 3.74. The molecule has 0 spiro atoms. The van der Waals surface area contributed by atoms with Crippen LogP contribution < -0.4 is 0 Å². The van der Waals surface area contributed by atoms with Gasteiger partial charge in [0.1, 0.15) is 0 Å². The predicted molar refractivity (Wildman–Crippen MR) is 35.6 cm³/mol. The largest absolute Gasteiger partial charge is 0.393 e. The average Bonchev–Trinajstić information content (AvgIpc) is 1.82. The highest BCUT2D eigenvalue weighted by Gasteiger charge is 2.08. The van der Waals surface area contributed by atoms with E-state index in [9.17, 15) is 0 Å². The van der Waals surface area contributed by atoms with Crippen molar-refractivity contribution in [3.05, 3.63) is 12.7 Å². The fraction of sp³-hybridized carbons (Fsp3) is 0.571. The normalized spacial score (nSPS) is 15.7. The Balaban J connectivity index is 3.71. The molecule has 0 aromatic heterocycles. The molecule has 0 radical (unpaired) electrons. The van der Waals surface area contributed by atoms with Crippen molar-refractivity contribution in [1.29, 1.82) is 5.26 Å². The molecule has 1 N–H and O–H groups in total. The lowest BCUT2D eigenvalue weighted by molar-refractivity contribution is 0.151. The van der Waals surface area contributed by atoms with Gasteiger partial charge in [0.05, 0.1) is 12.2 Å². The molecule has 2 atom stereocenters. The number of hydrogen-bond donors (Lipinski definition) is 1. The lowest BCUT2D eigenvalue weighted by Gasteiger charge is -2.09. The summed E-state index contributed by atoms with van der Waals surface area (Å²) in [5.74, 6) is -0.0741. The zero-order chi connectivity index (χ0) is 7.28. The molecule has 0 fully saturated rings. The van der Waals surface area contributed by atoms with Crippen LogP contribution in [-0.2, 0) is 0 Å². The molecule has 0 bridgehead atoms. The van der Waals surface area contributed by atoms with Crippen molar-refractivity contribution >= 4 is 0 Å². The van der Waals surface area contributed by atoms with Crippen LogP contribution in [0.2, 0.25) is 0 Å². The molecule has 0 heterocycles. The van der Waals surface area contributed by atoms with Gasteiger partial charge in [-0.3, -0.25) is 0 Å². The summed E-state index contributed by atoms with van der Waals surface area (Å²) in [5, 5.41) is 17.1. The molecule has 0 aromatic carbocycles. The van der Waals surface area contributed by atoms with Crippen molar-refractivity contribution in [2.45, 2.75) is 19.4 Å². The third-order valence-corrected chi connectivity index (χ3v) is 1.25. The molecule has 0 aliphatic rings. The Morgan fingerprint density at radius 3 is 2.56 bits per heavy atom. The van der Waals surface area contributed by atoms with E-state index < -0.39 is 6.10 Å². The molecule has 0 aliphatic carbocycles. The molecule has 0 aliphatic heterocycles. The van der Waals surface area contributed by atoms with Gasteiger partial charge in [-0.05, 0) is 6.92 Å². The van der Waals surface area contributed by atoms with E-state index >= 15 is 0 Å². The standard InChI is InChI=1S/C7H11NO/c1-3-7(4-5-8)6(2)9/h3,6-7,9H,1,4H2,2H3/t6-,7-/m0/s1. The smallest absolute Gasteiger partial charge is 0.0628 e. The van der Waals surface area contributed by atoms with Crippen LogP contribution in [0, 0.1) is 17.2 Å². The Labute approximate surface area is 55.4 Å². The van der Waals surface area contributed by atoms with E-state index in [0.29, 0.717) is 6.42 Å². The lowest BCUT2D eigenvalue weighted by atomic mass is 10.0. The summed E-state index contributed by atoms with van der Waals surface area (Å²) in [4.78, 5) is 0. The summed E-state index contributed by atoms with van der Waals surface area (Å²) in [7, 11) is 0. The average molecular weight is 125 g/mol. The monoisotopic (exact) mass is 125 g/mol. The maximum absolute atomic E-state index is 8.92. The van der Waals surface area contributed by atoms with E-state index in [2.05, 4.69) is 6.58 Å². The maximum atomic E-state index is 8.92. The summed E-state index contributed by atoms with van der Waals surface area (Å²) in [6, 6.07) is 1.97. The first-order valence-electron chi connectivity index (χ1n) is 2.90. The second kappa shape index (κ2) is 4.11. The molecule has 9 heavy (non-hydrogen) atoms. The van der Waals surface area contributed by atoms with Crippen LogP contribution in [0.4, 0.5) is 0 Å². The Bertz CT molecular complexity index is 123. The first-order valence-corrected chi connectivity index (χ1v) is 2.90. The highest BCUT2D eigenvalue weighted by atomic mass is 16.3. The third-order valence-electron chi connectivity index (χ3n) is 1.25. The van der Waals surface area contributed by atoms with Crippen LogP contribution in [0.3, 0.4) is 0 Å². The minimum absolute atomic E-state index is 0.0741. The van der Waals surface area contributed by atoms with E-state index in [-0.39, 0.29) is 5.92 Å². The number of aliphatic hydroxyl groups is 1. The summed E-state index contributed by atoms with van der Waals surface area (Å²) in [6.07, 6.45) is 1.50. The van der Waals surface area contributed by atoms with Gasteiger partial charge >= 0.3 is 0 Å². The van der Waals surface area contributed by atoms with Gasteiger partial charge in [0.2, 0.25) is 0 Å². The minimum atomic E-state index is -0.456. The fourth-order valence-corrected chi connectivity index (χ4v) is 0.556. The first-order chi connectivity index (χ1) is 4.22. The molecular weight excluding hydrogens is 114 g/mol. The molecular formula is C7H11NO. The van der Waals surface area contributed by atoms with Gasteiger partial charge < -0.3 is 5.11 Å². The van der Waals surface area contributed by atoms with E-state index in [1.165, 1.54) is 0 Å². The molecule has 0 amide bonds. The molecule has 50 valence electrons. The van der Waals surface area contributed by atoms with Crippen LogP contribution >= 0.6 is 0 Å². The highest BCUT2D eigenvalue weighted by molar-refractivity contribution is 4.89. The second-order valence-electron chi connectivity index (χ2n) is 2.00. The van der Waals surface area contributed by atoms with Crippen molar-refractivity contribution < 1.29 is 5.11 Å². The van der Waals surface area contributed by atoms with E-state index in [0.717, 1.165) is 0 Å². The lowest BCUT2D eigenvalue weighted by Crippen LogP contribution is -2.12. The van der Waals surface area contributed by atoms with Crippen molar-refractivity contribution in [3.63, 3.8) is 0 Å². The van der Waals surface area contributed by atoms with E-state index in [4.69, 9.17) is 10.4 Å². The van der Waals surface area contributed by atoms with Crippen LogP contribution in [0.15, 0.2) is 12.7 Å². The van der Waals surface area contributed by atoms with Gasteiger partial charge in [0.25, 0.3) is 0 Å². The number of aliphatic hydroxyl groups excluding tert-OH is 1. The van der Waals surface area contributed by atoms with E-state index in [1.807, 2.05) is 6.07 Å². The SMILES string of the molecule is C=C[C@@H](CC#N)[C@H](C)O. The summed E-state index contributed by atoms with van der Waals surface area (Å²) in [6.45, 7) is 5.15. The van der Waals surface area contributed by atoms with Gasteiger partial charge in [0.15, 0.2) is 0 Å².